The molecule has 3 aromatic rings. The SMILES string of the molecule is COC(=O)c1cc(NC(=O)CN(c2ccccc2)S(=O)(=O)c2ccc(OC)c(OC)c2)cc(C(=O)OC)c1. The molecule has 1 amide bonds. The standard InChI is InChI=1S/C26H26N2O9S/c1-34-22-11-10-21(15-23(22)35-2)38(32,33)28(20-8-6-5-7-9-20)16-24(29)27-19-13-17(25(30)36-3)12-18(14-19)26(31)37-4/h5-15H,16H2,1-4H3,(H,27,29). The number of nitrogens with zero attached hydrogens (tertiary/aromatic N) is 1. The van der Waals surface area contributed by atoms with Gasteiger partial charge in [-0.15, -0.1) is 0 Å². The lowest BCUT2D eigenvalue weighted by Crippen LogP contribution is -2.38. The molecule has 0 radical (unpaired) electrons. The molecule has 0 aliphatic carbocycles. The highest BCUT2D eigenvalue weighted by atomic mass is 32.2. The van der Waals surface area contributed by atoms with Crippen LogP contribution in [0.3, 0.4) is 0 Å². The Bertz CT molecular complexity index is 1410. The van der Waals surface area contributed by atoms with E-state index in [0.717, 1.165) is 4.31 Å². The highest BCUT2D eigenvalue weighted by Gasteiger charge is 2.28. The van der Waals surface area contributed by atoms with E-state index in [9.17, 15) is 22.8 Å². The highest BCUT2D eigenvalue weighted by Crippen LogP contribution is 2.32. The summed E-state index contributed by atoms with van der Waals surface area (Å²) in [6.45, 7) is -0.628. The van der Waals surface area contributed by atoms with E-state index in [0.29, 0.717) is 5.75 Å². The summed E-state index contributed by atoms with van der Waals surface area (Å²) in [6, 6.07) is 16.0. The number of methoxy groups -OCH3 is 4. The Hall–Kier alpha value is -4.58. The molecule has 1 N–H and O–H groups in total. The lowest BCUT2D eigenvalue weighted by molar-refractivity contribution is -0.114. The van der Waals surface area contributed by atoms with Crippen molar-refractivity contribution in [3.05, 3.63) is 77.9 Å². The van der Waals surface area contributed by atoms with E-state index in [2.05, 4.69) is 5.32 Å². The van der Waals surface area contributed by atoms with Gasteiger partial charge in [0.1, 0.15) is 6.54 Å². The maximum absolute atomic E-state index is 13.7. The minimum atomic E-state index is -4.26. The first-order chi connectivity index (χ1) is 18.1. The number of esters is 2. The Morgan fingerprint density at radius 2 is 1.34 bits per heavy atom. The Balaban J connectivity index is 1.99. The number of ether oxygens (including phenoxy) is 4. The summed E-state index contributed by atoms with van der Waals surface area (Å²) in [7, 11) is 0.877. The van der Waals surface area contributed by atoms with Crippen molar-refractivity contribution in [2.45, 2.75) is 4.90 Å². The molecule has 38 heavy (non-hydrogen) atoms. The summed E-state index contributed by atoms with van der Waals surface area (Å²) >= 11 is 0. The van der Waals surface area contributed by atoms with Crippen molar-refractivity contribution in [2.24, 2.45) is 0 Å². The molecule has 0 aliphatic rings. The van der Waals surface area contributed by atoms with Crippen LogP contribution in [0.25, 0.3) is 0 Å². The van der Waals surface area contributed by atoms with Crippen LogP contribution in [0, 0.1) is 0 Å². The highest BCUT2D eigenvalue weighted by molar-refractivity contribution is 7.92. The Kier molecular flexibility index (Phi) is 8.92. The first kappa shape index (κ1) is 28.0. The van der Waals surface area contributed by atoms with E-state index in [1.54, 1.807) is 30.3 Å². The predicted octanol–water partition coefficient (Wildman–Crippen LogP) is 3.11. The summed E-state index contributed by atoms with van der Waals surface area (Å²) in [5, 5.41) is 2.54. The molecule has 0 heterocycles. The van der Waals surface area contributed by atoms with Gasteiger partial charge in [0.25, 0.3) is 10.0 Å². The molecule has 200 valence electrons. The van der Waals surface area contributed by atoms with Crippen LogP contribution in [-0.4, -0.2) is 61.2 Å². The zero-order valence-corrected chi connectivity index (χ0v) is 21.9. The number of para-hydroxylation sites is 1. The van der Waals surface area contributed by atoms with Gasteiger partial charge in [-0.05, 0) is 42.5 Å². The molecule has 11 nitrogen and oxygen atoms in total. The lowest BCUT2D eigenvalue weighted by atomic mass is 10.1. The molecule has 0 aromatic heterocycles. The van der Waals surface area contributed by atoms with Crippen LogP contribution in [-0.2, 0) is 24.3 Å². The van der Waals surface area contributed by atoms with Crippen LogP contribution < -0.4 is 19.1 Å². The smallest absolute Gasteiger partial charge is 0.337 e. The van der Waals surface area contributed by atoms with E-state index >= 15 is 0 Å². The van der Waals surface area contributed by atoms with Crippen molar-refractivity contribution < 1.29 is 41.7 Å². The van der Waals surface area contributed by atoms with Crippen LogP contribution in [0.4, 0.5) is 11.4 Å². The van der Waals surface area contributed by atoms with Gasteiger partial charge in [-0.3, -0.25) is 9.10 Å². The Morgan fingerprint density at radius 1 is 0.763 bits per heavy atom. The van der Waals surface area contributed by atoms with Crippen LogP contribution in [0.5, 0.6) is 11.5 Å². The molecular weight excluding hydrogens is 516 g/mol. The fraction of sp³-hybridized carbons (Fsp3) is 0.192. The topological polar surface area (TPSA) is 138 Å². The molecular formula is C26H26N2O9S. The summed E-state index contributed by atoms with van der Waals surface area (Å²) in [4.78, 5) is 37.1. The monoisotopic (exact) mass is 542 g/mol. The molecule has 0 saturated heterocycles. The molecule has 0 aliphatic heterocycles. The molecule has 0 fully saturated rings. The first-order valence-electron chi connectivity index (χ1n) is 11.1. The number of benzene rings is 3. The van der Waals surface area contributed by atoms with Crippen molar-refractivity contribution in [3.63, 3.8) is 0 Å². The molecule has 12 heteroatoms. The number of anilines is 2. The zero-order valence-electron chi connectivity index (χ0n) is 21.1. The third kappa shape index (κ3) is 6.21. The predicted molar refractivity (Wildman–Crippen MR) is 138 cm³/mol. The number of carbonyl (C=O) groups excluding carboxylic acids is 3. The van der Waals surface area contributed by atoms with Gasteiger partial charge >= 0.3 is 11.9 Å². The van der Waals surface area contributed by atoms with Gasteiger partial charge in [0, 0.05) is 11.8 Å². The van der Waals surface area contributed by atoms with Gasteiger partial charge < -0.3 is 24.3 Å². The van der Waals surface area contributed by atoms with Crippen molar-refractivity contribution in [3.8, 4) is 11.5 Å². The Labute approximate surface area is 219 Å². The average molecular weight is 543 g/mol. The lowest BCUT2D eigenvalue weighted by Gasteiger charge is -2.24. The number of carbonyl (C=O) groups is 3. The van der Waals surface area contributed by atoms with Gasteiger partial charge in [0.15, 0.2) is 11.5 Å². The fourth-order valence-corrected chi connectivity index (χ4v) is 4.95. The number of hydrogen-bond donors (Lipinski definition) is 1. The summed E-state index contributed by atoms with van der Waals surface area (Å²) in [5.41, 5.74) is 0.276. The van der Waals surface area contributed by atoms with E-state index in [-0.39, 0.29) is 33.1 Å². The van der Waals surface area contributed by atoms with Crippen molar-refractivity contribution >= 4 is 39.2 Å². The molecule has 3 rings (SSSR count). The van der Waals surface area contributed by atoms with Gasteiger partial charge in [-0.2, -0.15) is 0 Å². The normalized spacial score (nSPS) is 10.7. The quantitative estimate of drug-likeness (QED) is 0.383. The fourth-order valence-electron chi connectivity index (χ4n) is 3.52. The maximum Gasteiger partial charge on any atom is 0.337 e. The number of nitrogens with one attached hydrogen (secondary N) is 1. The van der Waals surface area contributed by atoms with Crippen molar-refractivity contribution in [1.29, 1.82) is 0 Å². The first-order valence-corrected chi connectivity index (χ1v) is 12.5. The zero-order chi connectivity index (χ0) is 27.9. The Morgan fingerprint density at radius 3 is 1.87 bits per heavy atom. The molecule has 0 atom stereocenters. The van der Waals surface area contributed by atoms with Crippen LogP contribution in [0.15, 0.2) is 71.6 Å². The van der Waals surface area contributed by atoms with E-state index < -0.39 is 34.4 Å². The van der Waals surface area contributed by atoms with Crippen molar-refractivity contribution in [1.82, 2.24) is 0 Å². The van der Waals surface area contributed by atoms with E-state index in [4.69, 9.17) is 18.9 Å². The number of sulfonamides is 1. The van der Waals surface area contributed by atoms with Gasteiger partial charge in [-0.25, -0.2) is 18.0 Å². The second-order valence-electron chi connectivity index (χ2n) is 7.69. The van der Waals surface area contributed by atoms with E-state index in [1.165, 1.54) is 64.8 Å². The second-order valence-corrected chi connectivity index (χ2v) is 9.56. The van der Waals surface area contributed by atoms with Crippen LogP contribution in [0.2, 0.25) is 0 Å². The van der Waals surface area contributed by atoms with Crippen LogP contribution in [0.1, 0.15) is 20.7 Å². The van der Waals surface area contributed by atoms with Gasteiger partial charge in [0.2, 0.25) is 5.91 Å². The third-order valence-corrected chi connectivity index (χ3v) is 7.10. The number of hydrogen-bond acceptors (Lipinski definition) is 9. The van der Waals surface area contributed by atoms with Gasteiger partial charge in [-0.1, -0.05) is 18.2 Å². The third-order valence-electron chi connectivity index (χ3n) is 5.33. The summed E-state index contributed by atoms with van der Waals surface area (Å²) in [5.74, 6) is -1.69. The molecule has 3 aromatic carbocycles. The molecule has 0 saturated carbocycles. The van der Waals surface area contributed by atoms with Crippen molar-refractivity contribution in [2.75, 3.05) is 44.6 Å². The minimum absolute atomic E-state index is 0.0106. The number of amides is 1. The number of rotatable bonds is 10. The minimum Gasteiger partial charge on any atom is -0.493 e. The molecule has 0 bridgehead atoms. The largest absolute Gasteiger partial charge is 0.493 e. The van der Waals surface area contributed by atoms with E-state index in [1.807, 2.05) is 0 Å². The summed E-state index contributed by atoms with van der Waals surface area (Å²) < 4.78 is 48.1. The second kappa shape index (κ2) is 12.1. The van der Waals surface area contributed by atoms with Gasteiger partial charge in [0.05, 0.1) is 50.1 Å². The average Bonchev–Trinajstić information content (AvgIpc) is 2.94. The molecule has 0 spiro atoms. The maximum atomic E-state index is 13.7. The molecule has 0 unspecified atom stereocenters. The summed E-state index contributed by atoms with van der Waals surface area (Å²) in [6.07, 6.45) is 0. The van der Waals surface area contributed by atoms with Crippen LogP contribution >= 0.6 is 0 Å².